The third-order valence-corrected chi connectivity index (χ3v) is 1.52. The normalized spacial score (nSPS) is 24.7. The number of morpholine rings is 1. The first-order valence-electron chi connectivity index (χ1n) is 3.28. The number of carbonyl (C=O) groups is 2. The van der Waals surface area contributed by atoms with Crippen LogP contribution in [0.2, 0.25) is 0 Å². The van der Waals surface area contributed by atoms with Crippen molar-refractivity contribution in [2.45, 2.75) is 6.10 Å². The van der Waals surface area contributed by atoms with Crippen LogP contribution in [0.25, 0.3) is 0 Å². The van der Waals surface area contributed by atoms with E-state index in [-0.39, 0.29) is 6.54 Å². The Bertz CT molecular complexity index is 170. The molecule has 0 aromatic rings. The first-order valence-corrected chi connectivity index (χ1v) is 3.28. The summed E-state index contributed by atoms with van der Waals surface area (Å²) in [7, 11) is 0. The summed E-state index contributed by atoms with van der Waals surface area (Å²) in [5.74, 6) is -1.02. The highest BCUT2D eigenvalue weighted by Crippen LogP contribution is 2.02. The van der Waals surface area contributed by atoms with Crippen molar-refractivity contribution in [3.8, 4) is 0 Å². The lowest BCUT2D eigenvalue weighted by Gasteiger charge is -2.27. The van der Waals surface area contributed by atoms with Crippen LogP contribution in [-0.2, 0) is 14.3 Å². The Morgan fingerprint density at radius 3 is 3.00 bits per heavy atom. The predicted octanol–water partition coefficient (Wildman–Crippen LogP) is -1.07. The van der Waals surface area contributed by atoms with Gasteiger partial charge < -0.3 is 14.7 Å². The maximum Gasteiger partial charge on any atom is 0.334 e. The molecule has 1 heterocycles. The van der Waals surface area contributed by atoms with E-state index in [4.69, 9.17) is 9.84 Å². The van der Waals surface area contributed by atoms with Gasteiger partial charge in [-0.05, 0) is 0 Å². The van der Waals surface area contributed by atoms with E-state index in [9.17, 15) is 9.59 Å². The smallest absolute Gasteiger partial charge is 0.334 e. The van der Waals surface area contributed by atoms with E-state index >= 15 is 0 Å². The van der Waals surface area contributed by atoms with Gasteiger partial charge in [0.2, 0.25) is 6.41 Å². The number of amides is 1. The molecule has 11 heavy (non-hydrogen) atoms. The fourth-order valence-corrected chi connectivity index (χ4v) is 0.914. The summed E-state index contributed by atoms with van der Waals surface area (Å²) in [6.07, 6.45) is -0.215. The standard InChI is InChI=1S/C6H9NO4/c8-4-7-1-2-11-5(3-7)6(9)10/h4-5H,1-3H2,(H,9,10). The number of aliphatic carboxylic acids is 1. The molecule has 1 unspecified atom stereocenters. The summed E-state index contributed by atoms with van der Waals surface area (Å²) in [6.45, 7) is 0.932. The van der Waals surface area contributed by atoms with E-state index in [0.717, 1.165) is 0 Å². The van der Waals surface area contributed by atoms with E-state index in [1.54, 1.807) is 0 Å². The van der Waals surface area contributed by atoms with E-state index in [0.29, 0.717) is 19.6 Å². The number of hydrogen-bond acceptors (Lipinski definition) is 3. The van der Waals surface area contributed by atoms with Crippen LogP contribution < -0.4 is 0 Å². The molecular weight excluding hydrogens is 150 g/mol. The highest BCUT2D eigenvalue weighted by Gasteiger charge is 2.24. The van der Waals surface area contributed by atoms with Crippen molar-refractivity contribution in [1.29, 1.82) is 0 Å². The molecule has 1 N–H and O–H groups in total. The molecule has 0 aromatic heterocycles. The third-order valence-electron chi connectivity index (χ3n) is 1.52. The Kier molecular flexibility index (Phi) is 2.43. The van der Waals surface area contributed by atoms with Crippen molar-refractivity contribution in [3.05, 3.63) is 0 Å². The first kappa shape index (κ1) is 8.00. The van der Waals surface area contributed by atoms with Gasteiger partial charge in [0, 0.05) is 6.54 Å². The molecule has 5 nitrogen and oxygen atoms in total. The fourth-order valence-electron chi connectivity index (χ4n) is 0.914. The summed E-state index contributed by atoms with van der Waals surface area (Å²) in [5.41, 5.74) is 0. The molecule has 1 atom stereocenters. The van der Waals surface area contributed by atoms with E-state index in [2.05, 4.69) is 0 Å². The van der Waals surface area contributed by atoms with Crippen LogP contribution in [0.1, 0.15) is 0 Å². The molecule has 0 spiro atoms. The third kappa shape index (κ3) is 1.91. The van der Waals surface area contributed by atoms with Crippen molar-refractivity contribution in [2.24, 2.45) is 0 Å². The zero-order valence-corrected chi connectivity index (χ0v) is 5.90. The number of carboxylic acids is 1. The summed E-state index contributed by atoms with van der Waals surface area (Å²) in [5, 5.41) is 8.48. The first-order chi connectivity index (χ1) is 5.24. The van der Waals surface area contributed by atoms with Gasteiger partial charge in [0.25, 0.3) is 0 Å². The lowest BCUT2D eigenvalue weighted by molar-refractivity contribution is -0.157. The van der Waals surface area contributed by atoms with Crippen LogP contribution in [0.15, 0.2) is 0 Å². The monoisotopic (exact) mass is 159 g/mol. The topological polar surface area (TPSA) is 66.8 Å². The SMILES string of the molecule is O=CN1CCOC(C(=O)O)C1. The zero-order chi connectivity index (χ0) is 8.27. The van der Waals surface area contributed by atoms with Crippen LogP contribution in [-0.4, -0.2) is 48.2 Å². The molecule has 1 saturated heterocycles. The maximum absolute atomic E-state index is 10.3. The lowest BCUT2D eigenvalue weighted by Crippen LogP contribution is -2.45. The van der Waals surface area contributed by atoms with Crippen LogP contribution in [0.3, 0.4) is 0 Å². The van der Waals surface area contributed by atoms with Gasteiger partial charge in [-0.25, -0.2) is 4.79 Å². The van der Waals surface area contributed by atoms with Crippen molar-refractivity contribution in [1.82, 2.24) is 4.90 Å². The highest BCUT2D eigenvalue weighted by atomic mass is 16.5. The molecular formula is C6H9NO4. The van der Waals surface area contributed by atoms with Gasteiger partial charge >= 0.3 is 5.97 Å². The average molecular weight is 159 g/mol. The van der Waals surface area contributed by atoms with Crippen molar-refractivity contribution < 1.29 is 19.4 Å². The van der Waals surface area contributed by atoms with Crippen LogP contribution in [0.5, 0.6) is 0 Å². The van der Waals surface area contributed by atoms with Crippen LogP contribution in [0.4, 0.5) is 0 Å². The van der Waals surface area contributed by atoms with Gasteiger partial charge in [-0.2, -0.15) is 0 Å². The van der Waals surface area contributed by atoms with Crippen LogP contribution >= 0.6 is 0 Å². The average Bonchev–Trinajstić information content (AvgIpc) is 2.05. The second kappa shape index (κ2) is 3.34. The van der Waals surface area contributed by atoms with E-state index in [1.165, 1.54) is 4.90 Å². The molecule has 0 aromatic carbocycles. The molecule has 62 valence electrons. The number of nitrogens with zero attached hydrogens (tertiary/aromatic N) is 1. The molecule has 1 aliphatic rings. The molecule has 1 rings (SSSR count). The number of carbonyl (C=O) groups excluding carboxylic acids is 1. The Labute approximate surface area is 63.5 Å². The van der Waals surface area contributed by atoms with Gasteiger partial charge in [0.1, 0.15) is 0 Å². The number of rotatable bonds is 2. The number of hydrogen-bond donors (Lipinski definition) is 1. The molecule has 5 heteroatoms. The van der Waals surface area contributed by atoms with Gasteiger partial charge in [-0.1, -0.05) is 0 Å². The van der Waals surface area contributed by atoms with Crippen molar-refractivity contribution >= 4 is 12.4 Å². The fraction of sp³-hybridized carbons (Fsp3) is 0.667. The van der Waals surface area contributed by atoms with Gasteiger partial charge in [0.15, 0.2) is 6.10 Å². The molecule has 1 fully saturated rings. The maximum atomic E-state index is 10.3. The van der Waals surface area contributed by atoms with Crippen molar-refractivity contribution in [3.63, 3.8) is 0 Å². The second-order valence-corrected chi connectivity index (χ2v) is 2.30. The Morgan fingerprint density at radius 2 is 2.45 bits per heavy atom. The summed E-state index contributed by atoms with van der Waals surface area (Å²) >= 11 is 0. The molecule has 0 radical (unpaired) electrons. The summed E-state index contributed by atoms with van der Waals surface area (Å²) < 4.78 is 4.87. The predicted molar refractivity (Wildman–Crippen MR) is 35.0 cm³/mol. The number of ether oxygens (including phenoxy) is 1. The molecule has 0 aliphatic carbocycles. The van der Waals surface area contributed by atoms with E-state index < -0.39 is 12.1 Å². The second-order valence-electron chi connectivity index (χ2n) is 2.30. The van der Waals surface area contributed by atoms with Gasteiger partial charge in [0.05, 0.1) is 13.2 Å². The summed E-state index contributed by atoms with van der Waals surface area (Å²) in [4.78, 5) is 21.9. The molecule has 1 aliphatic heterocycles. The molecule has 1 amide bonds. The Balaban J connectivity index is 2.45. The van der Waals surface area contributed by atoms with Crippen LogP contribution in [0, 0.1) is 0 Å². The molecule has 0 saturated carbocycles. The zero-order valence-electron chi connectivity index (χ0n) is 5.90. The Morgan fingerprint density at radius 1 is 1.73 bits per heavy atom. The van der Waals surface area contributed by atoms with Crippen molar-refractivity contribution in [2.75, 3.05) is 19.7 Å². The van der Waals surface area contributed by atoms with Gasteiger partial charge in [-0.3, -0.25) is 4.79 Å². The summed E-state index contributed by atoms with van der Waals surface area (Å²) in [6, 6.07) is 0. The minimum absolute atomic E-state index is 0.152. The largest absolute Gasteiger partial charge is 0.479 e. The molecule has 0 bridgehead atoms. The quantitative estimate of drug-likeness (QED) is 0.521. The minimum atomic E-state index is -1.02. The van der Waals surface area contributed by atoms with E-state index in [1.807, 2.05) is 0 Å². The highest BCUT2D eigenvalue weighted by molar-refractivity contribution is 5.73. The Hall–Kier alpha value is -1.10. The minimum Gasteiger partial charge on any atom is -0.479 e. The van der Waals surface area contributed by atoms with Gasteiger partial charge in [-0.15, -0.1) is 0 Å². The lowest BCUT2D eigenvalue weighted by atomic mass is 10.3. The number of carboxylic acid groups (broad SMARTS) is 1.